The van der Waals surface area contributed by atoms with Crippen LogP contribution in [0, 0.1) is 13.8 Å². The van der Waals surface area contributed by atoms with Crippen LogP contribution in [0.3, 0.4) is 0 Å². The molecule has 2 aromatic carbocycles. The standard InChI is InChI=1S/C29H28ClN3O3S/c1-15-11-21-25(37-27(32-21)18-12-20-16(2)14-33(6)26(20)31-13-18)23(17-7-9-19(30)10-8-17)22(15)24(28(34)35)36-29(3,4)5/h7-14,24H,1-6H3,(H,34,35). The Bertz CT molecular complexity index is 1660. The van der Waals surface area contributed by atoms with Crippen LogP contribution in [-0.2, 0) is 16.6 Å². The fourth-order valence-corrected chi connectivity index (χ4v) is 5.96. The lowest BCUT2D eigenvalue weighted by Crippen LogP contribution is -2.28. The summed E-state index contributed by atoms with van der Waals surface area (Å²) in [7, 11) is 1.99. The number of carboxylic acid groups (broad SMARTS) is 1. The van der Waals surface area contributed by atoms with Gasteiger partial charge in [-0.05, 0) is 75.6 Å². The van der Waals surface area contributed by atoms with Gasteiger partial charge in [0.15, 0.2) is 6.10 Å². The quantitative estimate of drug-likeness (QED) is 0.250. The number of rotatable bonds is 5. The Hall–Kier alpha value is -3.26. The first kappa shape index (κ1) is 25.4. The molecule has 1 unspecified atom stereocenters. The van der Waals surface area contributed by atoms with Crippen molar-refractivity contribution in [2.45, 2.75) is 46.3 Å². The van der Waals surface area contributed by atoms with E-state index in [1.54, 1.807) is 0 Å². The third kappa shape index (κ3) is 4.75. The van der Waals surface area contributed by atoms with Gasteiger partial charge in [0.25, 0.3) is 0 Å². The minimum absolute atomic E-state index is 0.609. The summed E-state index contributed by atoms with van der Waals surface area (Å²) in [5.41, 5.74) is 6.23. The summed E-state index contributed by atoms with van der Waals surface area (Å²) in [5.74, 6) is -1.04. The van der Waals surface area contributed by atoms with Gasteiger partial charge < -0.3 is 14.4 Å². The zero-order valence-electron chi connectivity index (χ0n) is 21.6. The SMILES string of the molecule is Cc1cc2nc(-c3cnc4c(c3)c(C)cn4C)sc2c(-c2ccc(Cl)cc2)c1C(OC(C)(C)C)C(=O)O. The van der Waals surface area contributed by atoms with Gasteiger partial charge in [-0.2, -0.15) is 0 Å². The highest BCUT2D eigenvalue weighted by molar-refractivity contribution is 7.22. The van der Waals surface area contributed by atoms with E-state index >= 15 is 0 Å². The van der Waals surface area contributed by atoms with Crippen LogP contribution in [0.2, 0.25) is 5.02 Å². The van der Waals surface area contributed by atoms with Crippen molar-refractivity contribution in [2.24, 2.45) is 7.05 Å². The first-order valence-corrected chi connectivity index (χ1v) is 13.1. The lowest BCUT2D eigenvalue weighted by molar-refractivity contribution is -0.160. The Morgan fingerprint density at radius 2 is 1.81 bits per heavy atom. The maximum Gasteiger partial charge on any atom is 0.337 e. The van der Waals surface area contributed by atoms with E-state index < -0.39 is 17.7 Å². The molecule has 0 spiro atoms. The molecule has 6 nitrogen and oxygen atoms in total. The molecule has 190 valence electrons. The summed E-state index contributed by atoms with van der Waals surface area (Å²) < 4.78 is 9.01. The lowest BCUT2D eigenvalue weighted by atomic mass is 9.91. The van der Waals surface area contributed by atoms with Crippen LogP contribution >= 0.6 is 22.9 Å². The summed E-state index contributed by atoms with van der Waals surface area (Å²) in [4.78, 5) is 22.2. The van der Waals surface area contributed by atoms with Crippen molar-refractivity contribution in [3.05, 3.63) is 70.5 Å². The third-order valence-electron chi connectivity index (χ3n) is 6.28. The first-order valence-electron chi connectivity index (χ1n) is 12.0. The molecule has 5 aromatic rings. The fraction of sp³-hybridized carbons (Fsp3) is 0.276. The topological polar surface area (TPSA) is 77.2 Å². The minimum Gasteiger partial charge on any atom is -0.479 e. The Balaban J connectivity index is 1.78. The van der Waals surface area contributed by atoms with Crippen molar-refractivity contribution in [1.82, 2.24) is 14.5 Å². The average molecular weight is 534 g/mol. The molecule has 0 aliphatic heterocycles. The molecular weight excluding hydrogens is 506 g/mol. The number of hydrogen-bond donors (Lipinski definition) is 1. The summed E-state index contributed by atoms with van der Waals surface area (Å²) in [6.45, 7) is 9.56. The number of carbonyl (C=O) groups is 1. The Morgan fingerprint density at radius 1 is 1.11 bits per heavy atom. The van der Waals surface area contributed by atoms with Crippen LogP contribution in [0.5, 0.6) is 0 Å². The number of ether oxygens (including phenoxy) is 1. The van der Waals surface area contributed by atoms with Crippen LogP contribution < -0.4 is 0 Å². The normalized spacial score (nSPS) is 12.9. The summed E-state index contributed by atoms with van der Waals surface area (Å²) in [6, 6.07) is 11.5. The van der Waals surface area contributed by atoms with Crippen molar-refractivity contribution in [1.29, 1.82) is 0 Å². The van der Waals surface area contributed by atoms with Gasteiger partial charge in [-0.1, -0.05) is 23.7 Å². The van der Waals surface area contributed by atoms with E-state index in [0.29, 0.717) is 10.6 Å². The van der Waals surface area contributed by atoms with Gasteiger partial charge in [-0.15, -0.1) is 11.3 Å². The van der Waals surface area contributed by atoms with E-state index in [4.69, 9.17) is 21.3 Å². The molecule has 0 amide bonds. The predicted octanol–water partition coefficient (Wildman–Crippen LogP) is 7.73. The maximum absolute atomic E-state index is 12.5. The third-order valence-corrected chi connectivity index (χ3v) is 7.67. The number of aryl methyl sites for hydroxylation is 3. The minimum atomic E-state index is -1.15. The molecule has 0 radical (unpaired) electrons. The van der Waals surface area contributed by atoms with E-state index in [0.717, 1.165) is 54.1 Å². The highest BCUT2D eigenvalue weighted by Crippen LogP contribution is 2.44. The maximum atomic E-state index is 12.5. The molecule has 0 fully saturated rings. The summed E-state index contributed by atoms with van der Waals surface area (Å²) in [5, 5.41) is 12.8. The van der Waals surface area contributed by atoms with Crippen molar-refractivity contribution < 1.29 is 14.6 Å². The molecule has 0 saturated carbocycles. The number of aromatic nitrogens is 3. The molecule has 0 bridgehead atoms. The number of fused-ring (bicyclic) bond motifs is 2. The number of hydrogen-bond acceptors (Lipinski definition) is 5. The van der Waals surface area contributed by atoms with E-state index in [1.807, 2.05) is 75.8 Å². The smallest absolute Gasteiger partial charge is 0.337 e. The molecular formula is C29H28ClN3O3S. The second kappa shape index (κ2) is 9.24. The van der Waals surface area contributed by atoms with Crippen molar-refractivity contribution in [3.8, 4) is 21.7 Å². The molecule has 0 aliphatic carbocycles. The number of nitrogens with zero attached hydrogens (tertiary/aromatic N) is 3. The Morgan fingerprint density at radius 3 is 2.46 bits per heavy atom. The summed E-state index contributed by atoms with van der Waals surface area (Å²) in [6.07, 6.45) is 2.76. The second-order valence-electron chi connectivity index (χ2n) is 10.3. The Labute approximate surface area is 224 Å². The number of benzene rings is 2. The van der Waals surface area contributed by atoms with Gasteiger partial charge in [0.2, 0.25) is 0 Å². The summed E-state index contributed by atoms with van der Waals surface area (Å²) >= 11 is 7.73. The van der Waals surface area contributed by atoms with Gasteiger partial charge in [-0.3, -0.25) is 0 Å². The molecule has 1 atom stereocenters. The molecule has 1 N–H and O–H groups in total. The molecule has 3 heterocycles. The van der Waals surface area contributed by atoms with Crippen LogP contribution in [-0.4, -0.2) is 31.2 Å². The van der Waals surface area contributed by atoms with Gasteiger partial charge in [-0.25, -0.2) is 14.8 Å². The first-order chi connectivity index (χ1) is 17.4. The zero-order chi connectivity index (χ0) is 26.6. The van der Waals surface area contributed by atoms with Crippen LogP contribution in [0.15, 0.2) is 48.8 Å². The van der Waals surface area contributed by atoms with Crippen LogP contribution in [0.25, 0.3) is 42.9 Å². The highest BCUT2D eigenvalue weighted by Gasteiger charge is 2.32. The average Bonchev–Trinajstić information content (AvgIpc) is 3.37. The second-order valence-corrected chi connectivity index (χ2v) is 11.8. The van der Waals surface area contributed by atoms with Crippen LogP contribution in [0.4, 0.5) is 0 Å². The number of halogens is 1. The van der Waals surface area contributed by atoms with Gasteiger partial charge >= 0.3 is 5.97 Å². The Kier molecular flexibility index (Phi) is 6.34. The number of carboxylic acids is 1. The van der Waals surface area contributed by atoms with Gasteiger partial charge in [0.05, 0.1) is 15.8 Å². The molecule has 3 aromatic heterocycles. The van der Waals surface area contributed by atoms with E-state index in [9.17, 15) is 9.90 Å². The molecule has 0 aliphatic rings. The lowest BCUT2D eigenvalue weighted by Gasteiger charge is -2.28. The zero-order valence-corrected chi connectivity index (χ0v) is 23.2. The van der Waals surface area contributed by atoms with Crippen molar-refractivity contribution in [3.63, 3.8) is 0 Å². The van der Waals surface area contributed by atoms with E-state index in [1.165, 1.54) is 11.3 Å². The number of thiazole rings is 1. The van der Waals surface area contributed by atoms with Crippen molar-refractivity contribution >= 4 is 50.2 Å². The van der Waals surface area contributed by atoms with Crippen LogP contribution in [0.1, 0.15) is 43.6 Å². The van der Waals surface area contributed by atoms with E-state index in [-0.39, 0.29) is 0 Å². The largest absolute Gasteiger partial charge is 0.479 e. The number of pyridine rings is 1. The molecule has 0 saturated heterocycles. The van der Waals surface area contributed by atoms with Gasteiger partial charge in [0.1, 0.15) is 10.7 Å². The fourth-order valence-electron chi connectivity index (χ4n) is 4.73. The van der Waals surface area contributed by atoms with E-state index in [2.05, 4.69) is 24.2 Å². The highest BCUT2D eigenvalue weighted by atomic mass is 35.5. The monoisotopic (exact) mass is 533 g/mol. The van der Waals surface area contributed by atoms with Crippen molar-refractivity contribution in [2.75, 3.05) is 0 Å². The molecule has 37 heavy (non-hydrogen) atoms. The molecule has 8 heteroatoms. The molecule has 5 rings (SSSR count). The number of aliphatic carboxylic acids is 1. The van der Waals surface area contributed by atoms with Gasteiger partial charge in [0, 0.05) is 46.5 Å². The predicted molar refractivity (Wildman–Crippen MR) is 150 cm³/mol.